The third kappa shape index (κ3) is 5.11. The molecule has 2 aromatic carbocycles. The zero-order valence-electron chi connectivity index (χ0n) is 23.9. The van der Waals surface area contributed by atoms with Gasteiger partial charge in [0.25, 0.3) is 11.5 Å². The lowest BCUT2D eigenvalue weighted by Gasteiger charge is -2.38. The fourth-order valence-corrected chi connectivity index (χ4v) is 7.03. The van der Waals surface area contributed by atoms with E-state index in [0.29, 0.717) is 16.8 Å². The Kier molecular flexibility index (Phi) is 7.44. The van der Waals surface area contributed by atoms with E-state index >= 15 is 8.78 Å². The Balaban J connectivity index is 1.36. The van der Waals surface area contributed by atoms with Crippen LogP contribution in [0.15, 0.2) is 59.5 Å². The molecule has 1 aliphatic heterocycles. The number of aromatic nitrogens is 2. The lowest BCUT2D eigenvalue weighted by atomic mass is 10.0. The van der Waals surface area contributed by atoms with Crippen LogP contribution in [0.1, 0.15) is 51.0 Å². The van der Waals surface area contributed by atoms with E-state index in [1.807, 2.05) is 0 Å². The molecule has 0 radical (unpaired) electrons. The quantitative estimate of drug-likeness (QED) is 0.268. The van der Waals surface area contributed by atoms with Crippen LogP contribution < -0.4 is 5.56 Å². The third-order valence-electron chi connectivity index (χ3n) is 8.47. The molecular weight excluding hydrogens is 615 g/mol. The molecule has 2 aromatic heterocycles. The summed E-state index contributed by atoms with van der Waals surface area (Å²) in [7, 11) is -3.35. The first-order valence-electron chi connectivity index (χ1n) is 13.9. The number of hydrogen-bond donors (Lipinski definition) is 0. The van der Waals surface area contributed by atoms with Gasteiger partial charge in [-0.1, -0.05) is 29.8 Å². The maximum atomic E-state index is 16.3. The Labute approximate surface area is 256 Å². The molecule has 1 aliphatic carbocycles. The number of aryl methyl sites for hydroxylation is 2. The first kappa shape index (κ1) is 30.1. The second-order valence-electron chi connectivity index (χ2n) is 11.5. The molecule has 7 nitrogen and oxygen atoms in total. The van der Waals surface area contributed by atoms with Crippen LogP contribution in [0.2, 0.25) is 5.02 Å². The number of rotatable bonds is 6. The highest BCUT2D eigenvalue weighted by atomic mass is 35.5. The number of nitrogens with zero attached hydrogens (tertiary/aromatic N) is 3. The molecule has 4 aromatic rings. The van der Waals surface area contributed by atoms with Gasteiger partial charge < -0.3 is 4.90 Å². The Morgan fingerprint density at radius 1 is 1.00 bits per heavy atom. The summed E-state index contributed by atoms with van der Waals surface area (Å²) in [5.41, 5.74) is 0.426. The minimum atomic E-state index is -3.35. The van der Waals surface area contributed by atoms with Crippen molar-refractivity contribution in [1.82, 2.24) is 14.5 Å². The van der Waals surface area contributed by atoms with Crippen molar-refractivity contribution in [2.45, 2.75) is 37.4 Å². The molecule has 2 fully saturated rings. The monoisotopic (exact) mass is 641 g/mol. The van der Waals surface area contributed by atoms with Crippen LogP contribution in [0.5, 0.6) is 0 Å². The number of hydrogen-bond acceptors (Lipinski definition) is 5. The highest BCUT2D eigenvalue weighted by molar-refractivity contribution is 7.91. The van der Waals surface area contributed by atoms with Gasteiger partial charge in [-0.3, -0.25) is 19.1 Å². The van der Waals surface area contributed by atoms with E-state index in [1.165, 1.54) is 41.4 Å². The maximum absolute atomic E-state index is 16.3. The summed E-state index contributed by atoms with van der Waals surface area (Å²) in [6.07, 6.45) is 3.11. The fourth-order valence-electron chi connectivity index (χ4n) is 5.85. The molecule has 3 heterocycles. The molecule has 12 heteroatoms. The van der Waals surface area contributed by atoms with Gasteiger partial charge in [0.05, 0.1) is 16.5 Å². The lowest BCUT2D eigenvalue weighted by molar-refractivity contribution is 0.0654. The number of benzene rings is 2. The molecule has 1 saturated heterocycles. The summed E-state index contributed by atoms with van der Waals surface area (Å²) in [6.45, 7) is 3.08. The summed E-state index contributed by atoms with van der Waals surface area (Å²) in [6, 6.07) is 11.8. The molecule has 0 spiro atoms. The Morgan fingerprint density at radius 2 is 1.68 bits per heavy atom. The number of carbonyl (C=O) groups is 1. The number of sulfone groups is 1. The van der Waals surface area contributed by atoms with Crippen molar-refractivity contribution >= 4 is 27.3 Å². The smallest absolute Gasteiger partial charge is 0.274 e. The first-order chi connectivity index (χ1) is 20.8. The van der Waals surface area contributed by atoms with Gasteiger partial charge in [0.15, 0.2) is 15.7 Å². The number of pyridine rings is 2. The van der Waals surface area contributed by atoms with Gasteiger partial charge in [0.2, 0.25) is 0 Å². The van der Waals surface area contributed by atoms with Gasteiger partial charge in [-0.25, -0.2) is 21.6 Å². The van der Waals surface area contributed by atoms with Crippen LogP contribution in [0.3, 0.4) is 0 Å². The standard InChI is InChI=1S/C32H27ClF3N3O4S/c1-16-13-37-29(21-5-4-6-22(27(21)35)31(40)38-14-20(15-38)44(3,42)43)28(36)30(16)39-17(2)11-25(26(33)32(39)41)24-12-23(24)18-7-9-19(34)10-8-18/h4-11,13,20,23-24H,12,14-15H2,1-3H3/t23-,24+/m1/s1. The number of likely N-dealkylation sites (tertiary alicyclic amines) is 1. The highest BCUT2D eigenvalue weighted by Crippen LogP contribution is 2.55. The normalized spacial score (nSPS) is 18.3. The van der Waals surface area contributed by atoms with Crippen molar-refractivity contribution in [3.8, 4) is 16.9 Å². The Morgan fingerprint density at radius 3 is 2.34 bits per heavy atom. The van der Waals surface area contributed by atoms with Gasteiger partial charge >= 0.3 is 0 Å². The van der Waals surface area contributed by atoms with Gasteiger partial charge in [-0.15, -0.1) is 0 Å². The topological polar surface area (TPSA) is 89.3 Å². The fraction of sp³-hybridized carbons (Fsp3) is 0.281. The predicted molar refractivity (Wildman–Crippen MR) is 161 cm³/mol. The predicted octanol–water partition coefficient (Wildman–Crippen LogP) is 5.73. The van der Waals surface area contributed by atoms with E-state index in [0.717, 1.165) is 22.8 Å². The molecule has 44 heavy (non-hydrogen) atoms. The van der Waals surface area contributed by atoms with Crippen molar-refractivity contribution in [1.29, 1.82) is 0 Å². The second-order valence-corrected chi connectivity index (χ2v) is 14.2. The third-order valence-corrected chi connectivity index (χ3v) is 10.4. The van der Waals surface area contributed by atoms with E-state index < -0.39 is 43.9 Å². The largest absolute Gasteiger partial charge is 0.336 e. The number of halogens is 4. The molecule has 2 atom stereocenters. The van der Waals surface area contributed by atoms with E-state index in [-0.39, 0.29) is 52.6 Å². The van der Waals surface area contributed by atoms with Gasteiger partial charge in [-0.05, 0) is 79.1 Å². The van der Waals surface area contributed by atoms with Crippen LogP contribution >= 0.6 is 11.6 Å². The lowest BCUT2D eigenvalue weighted by Crippen LogP contribution is -2.56. The Hall–Kier alpha value is -3.96. The van der Waals surface area contributed by atoms with Crippen LogP contribution in [0.4, 0.5) is 13.2 Å². The molecule has 1 amide bonds. The summed E-state index contributed by atoms with van der Waals surface area (Å²) in [5.74, 6) is -3.03. The number of carbonyl (C=O) groups excluding carboxylic acids is 1. The van der Waals surface area contributed by atoms with Gasteiger partial charge in [0.1, 0.15) is 22.4 Å². The van der Waals surface area contributed by atoms with Crippen LogP contribution in [0, 0.1) is 31.3 Å². The minimum absolute atomic E-state index is 0.0542. The van der Waals surface area contributed by atoms with Gasteiger partial charge in [0, 0.05) is 36.8 Å². The number of amides is 1. The average molecular weight is 642 g/mol. The van der Waals surface area contributed by atoms with E-state index in [4.69, 9.17) is 11.6 Å². The van der Waals surface area contributed by atoms with Crippen LogP contribution in [-0.2, 0) is 9.84 Å². The molecule has 2 aliphatic rings. The Bertz CT molecular complexity index is 2010. The van der Waals surface area contributed by atoms with Crippen LogP contribution in [-0.4, -0.2) is 53.4 Å². The molecule has 1 saturated carbocycles. The molecule has 0 N–H and O–H groups in total. The van der Waals surface area contributed by atoms with Crippen molar-refractivity contribution in [3.05, 3.63) is 116 Å². The maximum Gasteiger partial charge on any atom is 0.274 e. The zero-order chi connectivity index (χ0) is 31.7. The van der Waals surface area contributed by atoms with Crippen molar-refractivity contribution in [2.24, 2.45) is 0 Å². The van der Waals surface area contributed by atoms with Crippen molar-refractivity contribution in [2.75, 3.05) is 19.3 Å². The second kappa shape index (κ2) is 10.9. The van der Waals surface area contributed by atoms with Gasteiger partial charge in [-0.2, -0.15) is 0 Å². The molecular formula is C32H27ClF3N3O4S. The molecule has 6 rings (SSSR count). The zero-order valence-corrected chi connectivity index (χ0v) is 25.5. The van der Waals surface area contributed by atoms with E-state index in [2.05, 4.69) is 4.98 Å². The highest BCUT2D eigenvalue weighted by Gasteiger charge is 2.42. The minimum Gasteiger partial charge on any atom is -0.336 e. The molecule has 0 bridgehead atoms. The summed E-state index contributed by atoms with van der Waals surface area (Å²) in [5, 5.41) is -0.784. The average Bonchev–Trinajstić information content (AvgIpc) is 3.72. The van der Waals surface area contributed by atoms with Crippen molar-refractivity contribution < 1.29 is 26.4 Å². The first-order valence-corrected chi connectivity index (χ1v) is 16.2. The summed E-state index contributed by atoms with van der Waals surface area (Å²) >= 11 is 6.59. The summed E-state index contributed by atoms with van der Waals surface area (Å²) in [4.78, 5) is 31.9. The molecule has 228 valence electrons. The van der Waals surface area contributed by atoms with E-state index in [9.17, 15) is 22.4 Å². The van der Waals surface area contributed by atoms with Crippen molar-refractivity contribution in [3.63, 3.8) is 0 Å². The van der Waals surface area contributed by atoms with Crippen LogP contribution in [0.25, 0.3) is 16.9 Å². The summed E-state index contributed by atoms with van der Waals surface area (Å²) < 4.78 is 70.1. The SMILES string of the molecule is Cc1cnc(-c2cccc(C(=O)N3CC(S(C)(=O)=O)C3)c2F)c(F)c1-n1c(C)cc([C@H]2C[C@@H]2c2ccc(F)cc2)c(Cl)c1=O. The van der Waals surface area contributed by atoms with E-state index in [1.54, 1.807) is 32.0 Å². The molecule has 0 unspecified atom stereocenters.